The van der Waals surface area contributed by atoms with Crippen LogP contribution in [0.2, 0.25) is 0 Å². The number of pyridine rings is 1. The van der Waals surface area contributed by atoms with E-state index in [1.165, 1.54) is 6.20 Å². The fourth-order valence-corrected chi connectivity index (χ4v) is 2.29. The number of para-hydroxylation sites is 2. The number of fused-ring (bicyclic) bond motifs is 1. The van der Waals surface area contributed by atoms with Gasteiger partial charge in [-0.05, 0) is 31.2 Å². The average Bonchev–Trinajstić information content (AvgIpc) is 2.51. The zero-order valence-electron chi connectivity index (χ0n) is 11.8. The van der Waals surface area contributed by atoms with Gasteiger partial charge in [0.05, 0.1) is 29.5 Å². The second-order valence-corrected chi connectivity index (χ2v) is 4.72. The van der Waals surface area contributed by atoms with Crippen molar-refractivity contribution in [3.63, 3.8) is 0 Å². The third-order valence-corrected chi connectivity index (χ3v) is 3.24. The predicted octanol–water partition coefficient (Wildman–Crippen LogP) is 2.27. The molecule has 1 aromatic carbocycles. The van der Waals surface area contributed by atoms with Gasteiger partial charge in [0.15, 0.2) is 0 Å². The highest BCUT2D eigenvalue weighted by molar-refractivity contribution is 5.74. The Kier molecular flexibility index (Phi) is 3.64. The van der Waals surface area contributed by atoms with Crippen LogP contribution in [-0.2, 0) is 6.54 Å². The maximum Gasteiger partial charge on any atom is 0.269 e. The zero-order valence-corrected chi connectivity index (χ0v) is 11.8. The number of hydrogen-bond donors (Lipinski definition) is 1. The summed E-state index contributed by atoms with van der Waals surface area (Å²) in [5.41, 5.74) is 2.34. The molecule has 5 nitrogen and oxygen atoms in total. The van der Waals surface area contributed by atoms with E-state index in [4.69, 9.17) is 0 Å². The molecule has 3 aromatic rings. The summed E-state index contributed by atoms with van der Waals surface area (Å²) in [6.07, 6.45) is 1.36. The van der Waals surface area contributed by atoms with Gasteiger partial charge in [-0.2, -0.15) is 0 Å². The summed E-state index contributed by atoms with van der Waals surface area (Å²) < 4.78 is 1.69. The molecule has 0 bridgehead atoms. The first-order valence-electron chi connectivity index (χ1n) is 6.92. The van der Waals surface area contributed by atoms with Crippen molar-refractivity contribution in [3.05, 3.63) is 64.7 Å². The Morgan fingerprint density at radius 2 is 2.00 bits per heavy atom. The lowest BCUT2D eigenvalue weighted by Crippen LogP contribution is -2.21. The first-order valence-corrected chi connectivity index (χ1v) is 6.92. The van der Waals surface area contributed by atoms with Crippen molar-refractivity contribution in [1.29, 1.82) is 0 Å². The minimum absolute atomic E-state index is 0.121. The molecule has 1 N–H and O–H groups in total. The lowest BCUT2D eigenvalue weighted by Gasteiger charge is -2.10. The molecule has 0 radical (unpaired) electrons. The molecule has 0 saturated carbocycles. The summed E-state index contributed by atoms with van der Waals surface area (Å²) in [4.78, 5) is 20.8. The molecule has 0 unspecified atom stereocenters. The van der Waals surface area contributed by atoms with Gasteiger partial charge in [-0.3, -0.25) is 9.36 Å². The van der Waals surface area contributed by atoms with Crippen LogP contribution in [0.1, 0.15) is 12.6 Å². The number of nitrogens with one attached hydrogen (secondary N) is 1. The smallest absolute Gasteiger partial charge is 0.269 e. The molecule has 0 fully saturated rings. The molecule has 5 heteroatoms. The van der Waals surface area contributed by atoms with Crippen LogP contribution in [0.15, 0.2) is 53.5 Å². The molecular formula is C16H16N4O. The molecule has 0 saturated heterocycles. The monoisotopic (exact) mass is 280 g/mol. The van der Waals surface area contributed by atoms with Crippen molar-refractivity contribution in [2.24, 2.45) is 0 Å². The van der Waals surface area contributed by atoms with E-state index in [2.05, 4.69) is 15.3 Å². The highest BCUT2D eigenvalue weighted by Gasteiger charge is 2.05. The van der Waals surface area contributed by atoms with E-state index in [0.29, 0.717) is 6.54 Å². The van der Waals surface area contributed by atoms with E-state index >= 15 is 0 Å². The molecule has 2 aromatic heterocycles. The molecular weight excluding hydrogens is 264 g/mol. The Hall–Kier alpha value is -2.69. The Balaban J connectivity index is 2.03. The molecule has 3 rings (SSSR count). The SMILES string of the molecule is CCNc1cccc(Cn2c(=O)cnc3ccccc32)n1. The Labute approximate surface area is 122 Å². The van der Waals surface area contributed by atoms with Crippen LogP contribution in [-0.4, -0.2) is 21.1 Å². The Morgan fingerprint density at radius 3 is 2.86 bits per heavy atom. The van der Waals surface area contributed by atoms with E-state index in [1.54, 1.807) is 4.57 Å². The molecule has 21 heavy (non-hydrogen) atoms. The topological polar surface area (TPSA) is 59.8 Å². The fraction of sp³-hybridized carbons (Fsp3) is 0.188. The van der Waals surface area contributed by atoms with Gasteiger partial charge >= 0.3 is 0 Å². The summed E-state index contributed by atoms with van der Waals surface area (Å²) in [5.74, 6) is 0.821. The van der Waals surface area contributed by atoms with Crippen LogP contribution < -0.4 is 10.9 Å². The predicted molar refractivity (Wildman–Crippen MR) is 83.5 cm³/mol. The van der Waals surface area contributed by atoms with Crippen LogP contribution >= 0.6 is 0 Å². The van der Waals surface area contributed by atoms with Crippen LogP contribution in [0, 0.1) is 0 Å². The third kappa shape index (κ3) is 2.76. The summed E-state index contributed by atoms with van der Waals surface area (Å²) in [7, 11) is 0. The second kappa shape index (κ2) is 5.75. The minimum Gasteiger partial charge on any atom is -0.370 e. The lowest BCUT2D eigenvalue weighted by molar-refractivity contribution is 0.765. The molecule has 0 aliphatic heterocycles. The quantitative estimate of drug-likeness (QED) is 0.796. The van der Waals surface area contributed by atoms with Crippen molar-refractivity contribution in [2.45, 2.75) is 13.5 Å². The Bertz CT molecular complexity index is 826. The molecule has 0 aliphatic carbocycles. The van der Waals surface area contributed by atoms with Gasteiger partial charge in [0.25, 0.3) is 5.56 Å². The minimum atomic E-state index is -0.121. The van der Waals surface area contributed by atoms with Gasteiger partial charge in [-0.15, -0.1) is 0 Å². The zero-order chi connectivity index (χ0) is 14.7. The van der Waals surface area contributed by atoms with Crippen molar-refractivity contribution in [1.82, 2.24) is 14.5 Å². The molecule has 0 aliphatic rings. The van der Waals surface area contributed by atoms with Crippen LogP contribution in [0.3, 0.4) is 0 Å². The summed E-state index contributed by atoms with van der Waals surface area (Å²) in [6.45, 7) is 3.27. The molecule has 0 atom stereocenters. The summed E-state index contributed by atoms with van der Waals surface area (Å²) >= 11 is 0. The van der Waals surface area contributed by atoms with E-state index in [9.17, 15) is 4.79 Å². The van der Waals surface area contributed by atoms with Crippen molar-refractivity contribution in [2.75, 3.05) is 11.9 Å². The van der Waals surface area contributed by atoms with Crippen LogP contribution in [0.25, 0.3) is 11.0 Å². The molecule has 0 spiro atoms. The van der Waals surface area contributed by atoms with Gasteiger partial charge in [-0.25, -0.2) is 9.97 Å². The summed E-state index contributed by atoms with van der Waals surface area (Å²) in [6, 6.07) is 13.4. The van der Waals surface area contributed by atoms with Gasteiger partial charge in [0, 0.05) is 6.54 Å². The average molecular weight is 280 g/mol. The van der Waals surface area contributed by atoms with Crippen molar-refractivity contribution in [3.8, 4) is 0 Å². The first-order chi connectivity index (χ1) is 10.3. The van der Waals surface area contributed by atoms with Gasteiger partial charge in [0.1, 0.15) is 5.82 Å². The summed E-state index contributed by atoms with van der Waals surface area (Å²) in [5, 5.41) is 3.17. The maximum atomic E-state index is 12.1. The van der Waals surface area contributed by atoms with Crippen molar-refractivity contribution >= 4 is 16.9 Å². The Morgan fingerprint density at radius 1 is 1.14 bits per heavy atom. The van der Waals surface area contributed by atoms with Crippen molar-refractivity contribution < 1.29 is 0 Å². The number of rotatable bonds is 4. The normalized spacial score (nSPS) is 10.7. The number of aromatic nitrogens is 3. The van der Waals surface area contributed by atoms with E-state index in [0.717, 1.165) is 29.1 Å². The standard InChI is InChI=1S/C16H16N4O/c1-2-17-15-9-5-6-12(19-15)11-20-14-8-4-3-7-13(14)18-10-16(20)21/h3-10H,2,11H2,1H3,(H,17,19). The van der Waals surface area contributed by atoms with Gasteiger partial charge in [-0.1, -0.05) is 18.2 Å². The van der Waals surface area contributed by atoms with Crippen LogP contribution in [0.4, 0.5) is 5.82 Å². The van der Waals surface area contributed by atoms with Crippen LogP contribution in [0.5, 0.6) is 0 Å². The highest BCUT2D eigenvalue weighted by Crippen LogP contribution is 2.11. The maximum absolute atomic E-state index is 12.1. The van der Waals surface area contributed by atoms with E-state index in [-0.39, 0.29) is 5.56 Å². The number of anilines is 1. The highest BCUT2D eigenvalue weighted by atomic mass is 16.1. The number of benzene rings is 1. The third-order valence-electron chi connectivity index (χ3n) is 3.24. The lowest BCUT2D eigenvalue weighted by atomic mass is 10.2. The van der Waals surface area contributed by atoms with Gasteiger partial charge < -0.3 is 5.32 Å². The van der Waals surface area contributed by atoms with E-state index in [1.807, 2.05) is 49.4 Å². The molecule has 2 heterocycles. The second-order valence-electron chi connectivity index (χ2n) is 4.72. The number of nitrogens with zero attached hydrogens (tertiary/aromatic N) is 3. The fourth-order valence-electron chi connectivity index (χ4n) is 2.29. The first kappa shape index (κ1) is 13.3. The largest absolute Gasteiger partial charge is 0.370 e. The van der Waals surface area contributed by atoms with Gasteiger partial charge in [0.2, 0.25) is 0 Å². The van der Waals surface area contributed by atoms with E-state index < -0.39 is 0 Å². The molecule has 0 amide bonds. The molecule has 106 valence electrons. The number of hydrogen-bond acceptors (Lipinski definition) is 4.